The topological polar surface area (TPSA) is 102 Å². The van der Waals surface area contributed by atoms with Crippen LogP contribution in [0.5, 0.6) is 0 Å². The van der Waals surface area contributed by atoms with Gasteiger partial charge in [0, 0.05) is 5.69 Å². The molecule has 0 radical (unpaired) electrons. The SMILES string of the molecule is OC[C@H]1O[C@H](Nc2ccccc2)[C@H](O)[C@@H](O)[C@H]1O. The first-order chi connectivity index (χ1) is 8.63. The highest BCUT2D eigenvalue weighted by Crippen LogP contribution is 2.22. The molecular weight excluding hydrogens is 238 g/mol. The lowest BCUT2D eigenvalue weighted by atomic mass is 9.98. The molecule has 6 nitrogen and oxygen atoms in total. The summed E-state index contributed by atoms with van der Waals surface area (Å²) < 4.78 is 5.31. The van der Waals surface area contributed by atoms with E-state index in [0.717, 1.165) is 0 Å². The Morgan fingerprint density at radius 3 is 2.28 bits per heavy atom. The highest BCUT2D eigenvalue weighted by Gasteiger charge is 2.43. The van der Waals surface area contributed by atoms with Crippen LogP contribution in [0.1, 0.15) is 0 Å². The second-order valence-corrected chi connectivity index (χ2v) is 4.26. The third-order valence-electron chi connectivity index (χ3n) is 2.97. The number of aliphatic hydroxyl groups is 4. The van der Waals surface area contributed by atoms with Crippen molar-refractivity contribution in [1.29, 1.82) is 0 Å². The van der Waals surface area contributed by atoms with Gasteiger partial charge in [0.05, 0.1) is 6.61 Å². The Balaban J connectivity index is 2.08. The first-order valence-corrected chi connectivity index (χ1v) is 5.75. The Bertz CT molecular complexity index is 372. The van der Waals surface area contributed by atoms with Gasteiger partial charge in [-0.3, -0.25) is 0 Å². The molecule has 1 aromatic rings. The van der Waals surface area contributed by atoms with Gasteiger partial charge in [0.25, 0.3) is 0 Å². The van der Waals surface area contributed by atoms with E-state index in [9.17, 15) is 15.3 Å². The number of para-hydroxylation sites is 1. The van der Waals surface area contributed by atoms with Crippen molar-refractivity contribution in [2.45, 2.75) is 30.6 Å². The highest BCUT2D eigenvalue weighted by molar-refractivity contribution is 5.43. The number of ether oxygens (including phenoxy) is 1. The standard InChI is InChI=1S/C12H17NO5/c14-6-8-9(15)10(16)11(17)12(18-8)13-7-4-2-1-3-5-7/h1-5,8-17H,6H2/t8-,9+,10+,11-,12+/m1/s1. The summed E-state index contributed by atoms with van der Waals surface area (Å²) in [7, 11) is 0. The smallest absolute Gasteiger partial charge is 0.157 e. The van der Waals surface area contributed by atoms with Crippen LogP contribution in [0.2, 0.25) is 0 Å². The van der Waals surface area contributed by atoms with Crippen molar-refractivity contribution >= 4 is 5.69 Å². The molecule has 2 rings (SSSR count). The minimum Gasteiger partial charge on any atom is -0.394 e. The van der Waals surface area contributed by atoms with Gasteiger partial charge < -0.3 is 30.5 Å². The van der Waals surface area contributed by atoms with Gasteiger partial charge in [-0.15, -0.1) is 0 Å². The predicted octanol–water partition coefficient (Wildman–Crippen LogP) is -1.10. The summed E-state index contributed by atoms with van der Waals surface area (Å²) in [5, 5.41) is 41.0. The molecule has 0 unspecified atom stereocenters. The maximum atomic E-state index is 9.80. The van der Waals surface area contributed by atoms with Gasteiger partial charge in [-0.2, -0.15) is 0 Å². The van der Waals surface area contributed by atoms with Crippen LogP contribution in [0.15, 0.2) is 30.3 Å². The molecule has 1 heterocycles. The Morgan fingerprint density at radius 2 is 1.67 bits per heavy atom. The van der Waals surface area contributed by atoms with Crippen LogP contribution in [0.3, 0.4) is 0 Å². The molecule has 1 aromatic carbocycles. The fourth-order valence-electron chi connectivity index (χ4n) is 1.92. The van der Waals surface area contributed by atoms with Gasteiger partial charge in [-0.25, -0.2) is 0 Å². The zero-order chi connectivity index (χ0) is 13.1. The average molecular weight is 255 g/mol. The maximum Gasteiger partial charge on any atom is 0.157 e. The van der Waals surface area contributed by atoms with E-state index in [1.807, 2.05) is 18.2 Å². The van der Waals surface area contributed by atoms with E-state index >= 15 is 0 Å². The van der Waals surface area contributed by atoms with Crippen molar-refractivity contribution in [3.05, 3.63) is 30.3 Å². The second-order valence-electron chi connectivity index (χ2n) is 4.26. The molecule has 18 heavy (non-hydrogen) atoms. The number of hydrogen-bond donors (Lipinski definition) is 5. The molecule has 1 aliphatic heterocycles. The number of rotatable bonds is 3. The Labute approximate surface area is 104 Å². The maximum absolute atomic E-state index is 9.80. The summed E-state index contributed by atoms with van der Waals surface area (Å²) in [6.45, 7) is -0.433. The van der Waals surface area contributed by atoms with Gasteiger partial charge in [-0.05, 0) is 12.1 Å². The number of anilines is 1. The van der Waals surface area contributed by atoms with Crippen LogP contribution in [0, 0.1) is 0 Å². The molecule has 0 bridgehead atoms. The van der Waals surface area contributed by atoms with Gasteiger partial charge >= 0.3 is 0 Å². The monoisotopic (exact) mass is 255 g/mol. The van der Waals surface area contributed by atoms with Gasteiger partial charge in [0.1, 0.15) is 24.4 Å². The van der Waals surface area contributed by atoms with E-state index in [4.69, 9.17) is 9.84 Å². The molecule has 0 aliphatic carbocycles. The van der Waals surface area contributed by atoms with Crippen LogP contribution < -0.4 is 5.32 Å². The van der Waals surface area contributed by atoms with E-state index in [0.29, 0.717) is 5.69 Å². The fraction of sp³-hybridized carbons (Fsp3) is 0.500. The quantitative estimate of drug-likeness (QED) is 0.470. The zero-order valence-corrected chi connectivity index (χ0v) is 9.68. The first kappa shape index (κ1) is 13.3. The average Bonchev–Trinajstić information content (AvgIpc) is 2.40. The number of nitrogens with one attached hydrogen (secondary N) is 1. The predicted molar refractivity (Wildman–Crippen MR) is 63.8 cm³/mol. The van der Waals surface area contributed by atoms with Crippen LogP contribution in [-0.4, -0.2) is 57.7 Å². The summed E-state index contributed by atoms with van der Waals surface area (Å²) in [5.74, 6) is 0. The van der Waals surface area contributed by atoms with Crippen molar-refractivity contribution in [2.24, 2.45) is 0 Å². The number of benzene rings is 1. The molecule has 1 aliphatic rings. The summed E-state index contributed by atoms with van der Waals surface area (Å²) >= 11 is 0. The lowest BCUT2D eigenvalue weighted by molar-refractivity contribution is -0.221. The van der Waals surface area contributed by atoms with Gasteiger partial charge in [0.15, 0.2) is 6.23 Å². The fourth-order valence-corrected chi connectivity index (χ4v) is 1.92. The molecule has 6 heteroatoms. The van der Waals surface area contributed by atoms with E-state index in [1.54, 1.807) is 12.1 Å². The third kappa shape index (κ3) is 2.63. The lowest BCUT2D eigenvalue weighted by Crippen LogP contribution is -2.60. The second kappa shape index (κ2) is 5.64. The third-order valence-corrected chi connectivity index (χ3v) is 2.97. The molecule has 1 fully saturated rings. The molecule has 0 amide bonds. The van der Waals surface area contributed by atoms with Crippen molar-refractivity contribution in [1.82, 2.24) is 0 Å². The molecule has 100 valence electrons. The Hall–Kier alpha value is -1.18. The van der Waals surface area contributed by atoms with Crippen LogP contribution >= 0.6 is 0 Å². The molecule has 0 aromatic heterocycles. The van der Waals surface area contributed by atoms with Crippen molar-refractivity contribution < 1.29 is 25.2 Å². The first-order valence-electron chi connectivity index (χ1n) is 5.75. The minimum absolute atomic E-state index is 0.433. The Morgan fingerprint density at radius 1 is 1.00 bits per heavy atom. The van der Waals surface area contributed by atoms with Crippen LogP contribution in [0.4, 0.5) is 5.69 Å². The lowest BCUT2D eigenvalue weighted by Gasteiger charge is -2.40. The van der Waals surface area contributed by atoms with Crippen molar-refractivity contribution in [3.8, 4) is 0 Å². The van der Waals surface area contributed by atoms with E-state index in [1.165, 1.54) is 0 Å². The summed E-state index contributed by atoms with van der Waals surface area (Å²) in [5.41, 5.74) is 0.710. The van der Waals surface area contributed by atoms with E-state index in [2.05, 4.69) is 5.32 Å². The largest absolute Gasteiger partial charge is 0.394 e. The Kier molecular flexibility index (Phi) is 4.15. The summed E-state index contributed by atoms with van der Waals surface area (Å²) in [6.07, 6.45) is -5.76. The highest BCUT2D eigenvalue weighted by atomic mass is 16.6. The summed E-state index contributed by atoms with van der Waals surface area (Å²) in [6, 6.07) is 9.03. The molecular formula is C12H17NO5. The van der Waals surface area contributed by atoms with Gasteiger partial charge in [-0.1, -0.05) is 18.2 Å². The molecule has 5 N–H and O–H groups in total. The molecule has 1 saturated heterocycles. The zero-order valence-electron chi connectivity index (χ0n) is 9.68. The van der Waals surface area contributed by atoms with Crippen molar-refractivity contribution in [2.75, 3.05) is 11.9 Å². The molecule has 5 atom stereocenters. The van der Waals surface area contributed by atoms with Crippen LogP contribution in [-0.2, 0) is 4.74 Å². The van der Waals surface area contributed by atoms with Crippen molar-refractivity contribution in [3.63, 3.8) is 0 Å². The number of aliphatic hydroxyl groups excluding tert-OH is 4. The van der Waals surface area contributed by atoms with E-state index in [-0.39, 0.29) is 0 Å². The normalized spacial score (nSPS) is 36.3. The van der Waals surface area contributed by atoms with E-state index < -0.39 is 37.3 Å². The van der Waals surface area contributed by atoms with Crippen LogP contribution in [0.25, 0.3) is 0 Å². The van der Waals surface area contributed by atoms with Gasteiger partial charge in [0.2, 0.25) is 0 Å². The molecule has 0 saturated carbocycles. The number of hydrogen-bond acceptors (Lipinski definition) is 6. The molecule has 0 spiro atoms. The minimum atomic E-state index is -1.36. The summed E-state index contributed by atoms with van der Waals surface area (Å²) in [4.78, 5) is 0.